The summed E-state index contributed by atoms with van der Waals surface area (Å²) in [7, 11) is 3.24. The number of likely N-dealkylation sites (tertiary alicyclic amines) is 1. The number of alkyl halides is 3. The maximum absolute atomic E-state index is 13.8. The highest BCUT2D eigenvalue weighted by atomic mass is 35.5. The molecule has 0 aromatic carbocycles. The zero-order valence-corrected chi connectivity index (χ0v) is 21.4. The van der Waals surface area contributed by atoms with E-state index >= 15 is 0 Å². The van der Waals surface area contributed by atoms with Crippen molar-refractivity contribution in [3.8, 4) is 5.88 Å². The Morgan fingerprint density at radius 2 is 1.89 bits per heavy atom. The van der Waals surface area contributed by atoms with Crippen LogP contribution in [-0.2, 0) is 10.4 Å². The number of hydrogen-bond donors (Lipinski definition) is 1. The number of aromatic nitrogens is 2. The molecule has 2 amide bonds. The third-order valence-corrected chi connectivity index (χ3v) is 6.71. The molecule has 1 fully saturated rings. The number of amides is 2. The average Bonchev–Trinajstić information content (AvgIpc) is 2.87. The summed E-state index contributed by atoms with van der Waals surface area (Å²) in [5, 5.41) is 10.5. The molecule has 0 spiro atoms. The van der Waals surface area contributed by atoms with Crippen molar-refractivity contribution in [2.75, 3.05) is 33.8 Å². The predicted octanol–water partition coefficient (Wildman–Crippen LogP) is 4.07. The Morgan fingerprint density at radius 1 is 1.19 bits per heavy atom. The number of aliphatic hydroxyl groups is 1. The summed E-state index contributed by atoms with van der Waals surface area (Å²) in [5.41, 5.74) is -3.93. The Balaban J connectivity index is 1.44. The molecule has 1 aliphatic heterocycles. The van der Waals surface area contributed by atoms with Crippen LogP contribution in [0, 0.1) is 5.92 Å². The molecule has 202 valence electrons. The van der Waals surface area contributed by atoms with Gasteiger partial charge in [-0.05, 0) is 43.7 Å². The minimum atomic E-state index is -5.18. The third-order valence-electron chi connectivity index (χ3n) is 6.42. The number of piperidine rings is 1. The summed E-state index contributed by atoms with van der Waals surface area (Å²) < 4.78 is 47.0. The quantitative estimate of drug-likeness (QED) is 0.379. The Bertz CT molecular complexity index is 1080. The first-order valence-electron chi connectivity index (χ1n) is 11.9. The van der Waals surface area contributed by atoms with Gasteiger partial charge in [0.1, 0.15) is 5.15 Å². The van der Waals surface area contributed by atoms with Gasteiger partial charge < -0.3 is 19.6 Å². The van der Waals surface area contributed by atoms with Crippen LogP contribution in [0.4, 0.5) is 13.2 Å². The summed E-state index contributed by atoms with van der Waals surface area (Å²) in [6.45, 7) is 0.670. The standard InChI is InChI=1S/C25H30ClF3N4O4/c1-32(2)22(34)19-8-9-20(31-21(19)26)37-15-4-3-6-17-10-13-33(14-11-17)23(35)24(36,25(27,28)29)18-7-5-12-30-16-18/h5,7-9,12,16-17,36H,3-4,6,10-11,13-15H2,1-2H3. The number of unbranched alkanes of at least 4 members (excludes halogenated alkanes) is 1. The number of halogens is 4. The molecule has 37 heavy (non-hydrogen) atoms. The van der Waals surface area contributed by atoms with Gasteiger partial charge in [-0.25, -0.2) is 4.98 Å². The molecule has 8 nitrogen and oxygen atoms in total. The molecule has 2 aromatic heterocycles. The molecule has 1 atom stereocenters. The van der Waals surface area contributed by atoms with Crippen molar-refractivity contribution in [2.24, 2.45) is 5.92 Å². The van der Waals surface area contributed by atoms with Gasteiger partial charge in [-0.2, -0.15) is 13.2 Å². The van der Waals surface area contributed by atoms with Gasteiger partial charge in [-0.15, -0.1) is 0 Å². The molecule has 1 saturated heterocycles. The molecule has 0 saturated carbocycles. The SMILES string of the molecule is CN(C)C(=O)c1ccc(OCCCCC2CCN(C(=O)C(O)(c3cccnc3)C(F)(F)F)CC2)nc1Cl. The zero-order valence-electron chi connectivity index (χ0n) is 20.7. The van der Waals surface area contributed by atoms with Crippen molar-refractivity contribution in [3.05, 3.63) is 52.9 Å². The lowest BCUT2D eigenvalue weighted by molar-refractivity contribution is -0.262. The second-order valence-corrected chi connectivity index (χ2v) is 9.58. The predicted molar refractivity (Wildman–Crippen MR) is 130 cm³/mol. The second kappa shape index (κ2) is 12.1. The van der Waals surface area contributed by atoms with Crippen LogP contribution >= 0.6 is 11.6 Å². The molecule has 0 aliphatic carbocycles. The van der Waals surface area contributed by atoms with E-state index in [1.54, 1.807) is 26.2 Å². The zero-order chi connectivity index (χ0) is 27.2. The van der Waals surface area contributed by atoms with Crippen LogP contribution in [0.25, 0.3) is 0 Å². The summed E-state index contributed by atoms with van der Waals surface area (Å²) >= 11 is 6.08. The molecule has 12 heteroatoms. The Kier molecular flexibility index (Phi) is 9.36. The molecule has 2 aromatic rings. The van der Waals surface area contributed by atoms with Crippen LogP contribution in [0.15, 0.2) is 36.7 Å². The van der Waals surface area contributed by atoms with Crippen LogP contribution in [0.2, 0.25) is 5.15 Å². The van der Waals surface area contributed by atoms with Crippen molar-refractivity contribution in [1.29, 1.82) is 0 Å². The fourth-order valence-electron chi connectivity index (χ4n) is 4.25. The molecule has 1 aliphatic rings. The largest absolute Gasteiger partial charge is 0.478 e. The van der Waals surface area contributed by atoms with E-state index in [9.17, 15) is 27.9 Å². The molecule has 3 heterocycles. The first-order valence-corrected chi connectivity index (χ1v) is 12.3. The molecule has 1 unspecified atom stereocenters. The lowest BCUT2D eigenvalue weighted by atomic mass is 9.88. The van der Waals surface area contributed by atoms with Crippen molar-refractivity contribution >= 4 is 23.4 Å². The van der Waals surface area contributed by atoms with Crippen molar-refractivity contribution < 1.29 is 32.6 Å². The molecular formula is C25H30ClF3N4O4. The van der Waals surface area contributed by atoms with Crippen LogP contribution in [0.1, 0.15) is 48.0 Å². The fourth-order valence-corrected chi connectivity index (χ4v) is 4.48. The smallest absolute Gasteiger partial charge is 0.430 e. The number of hydrogen-bond acceptors (Lipinski definition) is 6. The van der Waals surface area contributed by atoms with Crippen molar-refractivity contribution in [3.63, 3.8) is 0 Å². The summed E-state index contributed by atoms with van der Waals surface area (Å²) in [6.07, 6.45) is 0.446. The summed E-state index contributed by atoms with van der Waals surface area (Å²) in [5.74, 6) is -1.05. The lowest BCUT2D eigenvalue weighted by Crippen LogP contribution is -2.57. The summed E-state index contributed by atoms with van der Waals surface area (Å²) in [4.78, 5) is 35.0. The van der Waals surface area contributed by atoms with Gasteiger partial charge in [0, 0.05) is 51.2 Å². The van der Waals surface area contributed by atoms with E-state index in [0.717, 1.165) is 36.4 Å². The number of carbonyl (C=O) groups excluding carboxylic acids is 2. The van der Waals surface area contributed by atoms with Gasteiger partial charge >= 0.3 is 6.18 Å². The Hall–Kier alpha value is -2.92. The highest BCUT2D eigenvalue weighted by Gasteiger charge is 2.62. The highest BCUT2D eigenvalue weighted by Crippen LogP contribution is 2.41. The first kappa shape index (κ1) is 28.6. The molecular weight excluding hydrogens is 513 g/mol. The normalized spacial score (nSPS) is 16.2. The van der Waals surface area contributed by atoms with Gasteiger partial charge in [-0.1, -0.05) is 24.1 Å². The van der Waals surface area contributed by atoms with Crippen molar-refractivity contribution in [2.45, 2.75) is 43.9 Å². The van der Waals surface area contributed by atoms with Crippen LogP contribution in [-0.4, -0.2) is 76.7 Å². The van der Waals surface area contributed by atoms with E-state index in [1.165, 1.54) is 17.2 Å². The minimum Gasteiger partial charge on any atom is -0.478 e. The highest BCUT2D eigenvalue weighted by molar-refractivity contribution is 6.32. The van der Waals surface area contributed by atoms with E-state index in [4.69, 9.17) is 16.3 Å². The molecule has 1 N–H and O–H groups in total. The van der Waals surface area contributed by atoms with E-state index < -0.39 is 23.2 Å². The average molecular weight is 543 g/mol. The molecule has 0 radical (unpaired) electrons. The molecule has 3 rings (SSSR count). The van der Waals surface area contributed by atoms with Crippen molar-refractivity contribution in [1.82, 2.24) is 19.8 Å². The topological polar surface area (TPSA) is 95.9 Å². The van der Waals surface area contributed by atoms with Gasteiger partial charge in [-0.3, -0.25) is 14.6 Å². The first-order chi connectivity index (χ1) is 17.4. The van der Waals surface area contributed by atoms with E-state index in [-0.39, 0.29) is 35.6 Å². The maximum Gasteiger partial charge on any atom is 0.430 e. The summed E-state index contributed by atoms with van der Waals surface area (Å²) in [6, 6.07) is 5.45. The van der Waals surface area contributed by atoms with Crippen LogP contribution in [0.3, 0.4) is 0 Å². The third kappa shape index (κ3) is 6.70. The lowest BCUT2D eigenvalue weighted by Gasteiger charge is -2.38. The number of ether oxygens (including phenoxy) is 1. The fraction of sp³-hybridized carbons (Fsp3) is 0.520. The maximum atomic E-state index is 13.8. The van der Waals surface area contributed by atoms with Crippen LogP contribution < -0.4 is 4.74 Å². The second-order valence-electron chi connectivity index (χ2n) is 9.22. The number of rotatable bonds is 9. The van der Waals surface area contributed by atoms with Gasteiger partial charge in [0.15, 0.2) is 0 Å². The van der Waals surface area contributed by atoms with E-state index in [1.807, 2.05) is 0 Å². The Labute approximate surface area is 218 Å². The van der Waals surface area contributed by atoms with E-state index in [0.29, 0.717) is 25.3 Å². The van der Waals surface area contributed by atoms with Gasteiger partial charge in [0.25, 0.3) is 17.4 Å². The molecule has 0 bridgehead atoms. The van der Waals surface area contributed by atoms with E-state index in [2.05, 4.69) is 9.97 Å². The van der Waals surface area contributed by atoms with Crippen LogP contribution in [0.5, 0.6) is 5.88 Å². The van der Waals surface area contributed by atoms with Gasteiger partial charge in [0.05, 0.1) is 12.2 Å². The van der Waals surface area contributed by atoms with Gasteiger partial charge in [0.2, 0.25) is 5.88 Å². The monoisotopic (exact) mass is 542 g/mol. The minimum absolute atomic E-state index is 0.0680. The number of carbonyl (C=O) groups is 2. The number of pyridine rings is 2. The number of nitrogens with zero attached hydrogens (tertiary/aromatic N) is 4. The Morgan fingerprint density at radius 3 is 2.46 bits per heavy atom.